The highest BCUT2D eigenvalue weighted by Crippen LogP contribution is 2.45. The molecule has 0 N–H and O–H groups in total. The van der Waals surface area contributed by atoms with Crippen molar-refractivity contribution in [2.45, 2.75) is 0 Å². The number of fused-ring (bicyclic) bond motifs is 7. The van der Waals surface area contributed by atoms with Gasteiger partial charge in [-0.05, 0) is 83.9 Å². The van der Waals surface area contributed by atoms with Crippen molar-refractivity contribution >= 4 is 86.3 Å². The maximum Gasteiger partial charge on any atom is 0.0719 e. The maximum atomic E-state index is 3.56. The van der Waals surface area contributed by atoms with E-state index in [1.807, 2.05) is 11.3 Å². The van der Waals surface area contributed by atoms with Crippen LogP contribution in [-0.4, -0.2) is 4.57 Å². The quantitative estimate of drug-likeness (QED) is 0.177. The molecule has 46 heavy (non-hydrogen) atoms. The van der Waals surface area contributed by atoms with Crippen molar-refractivity contribution in [3.8, 4) is 16.8 Å². The summed E-state index contributed by atoms with van der Waals surface area (Å²) in [5, 5.41) is 5.13. The molecule has 2 heterocycles. The minimum absolute atomic E-state index is 1.08. The molecule has 0 aliphatic carbocycles. The first-order valence-electron chi connectivity index (χ1n) is 15.4. The van der Waals surface area contributed by atoms with Crippen LogP contribution in [0.5, 0.6) is 0 Å². The summed E-state index contributed by atoms with van der Waals surface area (Å²) < 4.78 is 6.17. The van der Waals surface area contributed by atoms with Crippen molar-refractivity contribution in [2.75, 3.05) is 4.90 Å². The Morgan fingerprint density at radius 1 is 0.478 bits per heavy atom. The molecule has 0 fully saturated rings. The normalized spacial score (nSPS) is 11.6. The van der Waals surface area contributed by atoms with Crippen LogP contribution < -0.4 is 4.90 Å². The Bertz CT molecular complexity index is 2510. The first-order chi connectivity index (χ1) is 22.7. The number of hydrogen-bond donors (Lipinski definition) is 0. The van der Waals surface area contributed by atoms with Crippen LogP contribution in [0.15, 0.2) is 168 Å². The smallest absolute Gasteiger partial charge is 0.0719 e. The molecule has 218 valence electrons. The number of rotatable bonds is 5. The summed E-state index contributed by atoms with van der Waals surface area (Å²) in [6.07, 6.45) is 0. The van der Waals surface area contributed by atoms with Crippen LogP contribution >= 0.6 is 27.3 Å². The van der Waals surface area contributed by atoms with E-state index in [0.29, 0.717) is 0 Å². The highest BCUT2D eigenvalue weighted by Gasteiger charge is 2.20. The second-order valence-corrected chi connectivity index (χ2v) is 13.5. The van der Waals surface area contributed by atoms with Crippen LogP contribution in [0.4, 0.5) is 17.1 Å². The Morgan fingerprint density at radius 3 is 1.85 bits per heavy atom. The van der Waals surface area contributed by atoms with E-state index >= 15 is 0 Å². The SMILES string of the molecule is Brc1ccc(-c2ccc(N(c3ccccc3)c3ccc4c(c3)c3ccc5c6ccccc6sc5c3n4-c3ccccc3)cc2)cc1. The molecule has 0 unspecified atom stereocenters. The van der Waals surface area contributed by atoms with Crippen LogP contribution in [0.3, 0.4) is 0 Å². The van der Waals surface area contributed by atoms with Crippen molar-refractivity contribution in [2.24, 2.45) is 0 Å². The van der Waals surface area contributed by atoms with Crippen molar-refractivity contribution in [1.29, 1.82) is 0 Å². The third-order valence-electron chi connectivity index (χ3n) is 8.85. The molecule has 2 aromatic heterocycles. The molecule has 7 aromatic carbocycles. The number of anilines is 3. The molecule has 4 heteroatoms. The van der Waals surface area contributed by atoms with E-state index in [2.05, 4.69) is 189 Å². The summed E-state index contributed by atoms with van der Waals surface area (Å²) in [7, 11) is 0. The summed E-state index contributed by atoms with van der Waals surface area (Å²) in [4.78, 5) is 2.36. The van der Waals surface area contributed by atoms with E-state index in [1.165, 1.54) is 58.8 Å². The highest BCUT2D eigenvalue weighted by atomic mass is 79.9. The molecule has 9 aromatic rings. The lowest BCUT2D eigenvalue weighted by molar-refractivity contribution is 1.19. The molecule has 0 saturated heterocycles. The molecular weight excluding hydrogens is 644 g/mol. The van der Waals surface area contributed by atoms with Gasteiger partial charge in [-0.25, -0.2) is 0 Å². The first kappa shape index (κ1) is 27.2. The van der Waals surface area contributed by atoms with Crippen LogP contribution in [0.1, 0.15) is 0 Å². The van der Waals surface area contributed by atoms with E-state index in [4.69, 9.17) is 0 Å². The Labute approximate surface area is 279 Å². The zero-order valence-corrected chi connectivity index (χ0v) is 27.2. The number of nitrogens with zero attached hydrogens (tertiary/aromatic N) is 2. The fourth-order valence-corrected chi connectivity index (χ4v) is 8.23. The average Bonchev–Trinajstić information content (AvgIpc) is 3.66. The second-order valence-electron chi connectivity index (χ2n) is 11.5. The molecule has 0 aliphatic heterocycles. The molecule has 2 nitrogen and oxygen atoms in total. The van der Waals surface area contributed by atoms with Crippen molar-refractivity contribution < 1.29 is 0 Å². The summed E-state index contributed by atoms with van der Waals surface area (Å²) in [6, 6.07) is 59.1. The molecule has 0 atom stereocenters. The molecule has 0 radical (unpaired) electrons. The molecule has 0 saturated carbocycles. The molecule has 0 aliphatic rings. The van der Waals surface area contributed by atoms with Gasteiger partial charge in [0.1, 0.15) is 0 Å². The molecule has 0 spiro atoms. The third kappa shape index (κ3) is 4.45. The number of thiophene rings is 1. The lowest BCUT2D eigenvalue weighted by atomic mass is 10.0. The lowest BCUT2D eigenvalue weighted by Gasteiger charge is -2.26. The summed E-state index contributed by atoms with van der Waals surface area (Å²) in [5.74, 6) is 0. The molecule has 0 bridgehead atoms. The largest absolute Gasteiger partial charge is 0.310 e. The van der Waals surface area contributed by atoms with Gasteiger partial charge >= 0.3 is 0 Å². The van der Waals surface area contributed by atoms with E-state index in [9.17, 15) is 0 Å². The predicted octanol–water partition coefficient (Wildman–Crippen LogP) is 13.1. The van der Waals surface area contributed by atoms with Crippen molar-refractivity contribution in [3.63, 3.8) is 0 Å². The first-order valence-corrected chi connectivity index (χ1v) is 17.0. The van der Waals surface area contributed by atoms with Crippen LogP contribution in [0.2, 0.25) is 0 Å². The number of benzene rings is 7. The molecular formula is C42H27BrN2S. The summed E-state index contributed by atoms with van der Waals surface area (Å²) in [6.45, 7) is 0. The van der Waals surface area contributed by atoms with Gasteiger partial charge in [0, 0.05) is 53.5 Å². The Hall–Kier alpha value is -5.16. The molecule has 9 rings (SSSR count). The summed E-state index contributed by atoms with van der Waals surface area (Å²) in [5.41, 5.74) is 9.39. The average molecular weight is 672 g/mol. The van der Waals surface area contributed by atoms with Crippen LogP contribution in [0, 0.1) is 0 Å². The van der Waals surface area contributed by atoms with Crippen LogP contribution in [-0.2, 0) is 0 Å². The number of hydrogen-bond acceptors (Lipinski definition) is 2. The topological polar surface area (TPSA) is 8.17 Å². The van der Waals surface area contributed by atoms with Gasteiger partial charge in [0.2, 0.25) is 0 Å². The second kappa shape index (κ2) is 11.0. The standard InChI is InChI=1S/C42H27BrN2S/c43-30-19-15-28(16-20-30)29-17-21-33(22-18-29)44(31-9-3-1-4-10-31)34-23-26-39-38(27-34)36-24-25-37-35-13-7-8-14-40(35)46-42(37)41(36)45(39)32-11-5-2-6-12-32/h1-27H. The van der Waals surface area contributed by atoms with E-state index in [0.717, 1.165) is 21.5 Å². The van der Waals surface area contributed by atoms with Gasteiger partial charge in [0.15, 0.2) is 0 Å². The maximum absolute atomic E-state index is 3.56. The third-order valence-corrected chi connectivity index (χ3v) is 10.6. The minimum Gasteiger partial charge on any atom is -0.310 e. The monoisotopic (exact) mass is 670 g/mol. The number of aromatic nitrogens is 1. The van der Waals surface area contributed by atoms with Crippen molar-refractivity contribution in [1.82, 2.24) is 4.57 Å². The van der Waals surface area contributed by atoms with Gasteiger partial charge in [-0.1, -0.05) is 107 Å². The van der Waals surface area contributed by atoms with Gasteiger partial charge in [-0.15, -0.1) is 11.3 Å². The molecule has 0 amide bonds. The zero-order chi connectivity index (χ0) is 30.6. The predicted molar refractivity (Wildman–Crippen MR) is 201 cm³/mol. The van der Waals surface area contributed by atoms with Gasteiger partial charge in [-0.3, -0.25) is 0 Å². The zero-order valence-electron chi connectivity index (χ0n) is 24.8. The van der Waals surface area contributed by atoms with Crippen LogP contribution in [0.25, 0.3) is 58.8 Å². The fourth-order valence-electron chi connectivity index (χ4n) is 6.72. The number of para-hydroxylation sites is 2. The Morgan fingerprint density at radius 2 is 1.09 bits per heavy atom. The fraction of sp³-hybridized carbons (Fsp3) is 0. The van der Waals surface area contributed by atoms with Gasteiger partial charge in [0.25, 0.3) is 0 Å². The van der Waals surface area contributed by atoms with E-state index < -0.39 is 0 Å². The minimum atomic E-state index is 1.08. The van der Waals surface area contributed by atoms with Crippen molar-refractivity contribution in [3.05, 3.63) is 168 Å². The van der Waals surface area contributed by atoms with Gasteiger partial charge in [-0.2, -0.15) is 0 Å². The van der Waals surface area contributed by atoms with E-state index in [1.54, 1.807) is 0 Å². The Kier molecular flexibility index (Phi) is 6.51. The lowest BCUT2D eigenvalue weighted by Crippen LogP contribution is -2.09. The highest BCUT2D eigenvalue weighted by molar-refractivity contribution is 9.10. The van der Waals surface area contributed by atoms with Gasteiger partial charge in [0.05, 0.1) is 15.7 Å². The van der Waals surface area contributed by atoms with Gasteiger partial charge < -0.3 is 9.47 Å². The van der Waals surface area contributed by atoms with E-state index in [-0.39, 0.29) is 0 Å². The Balaban J connectivity index is 1.27. The number of halogens is 1. The summed E-state index contributed by atoms with van der Waals surface area (Å²) >= 11 is 5.45.